The summed E-state index contributed by atoms with van der Waals surface area (Å²) in [5.74, 6) is 1.81. The Morgan fingerprint density at radius 2 is 2.15 bits per heavy atom. The molecule has 26 heavy (non-hydrogen) atoms. The number of likely N-dealkylation sites (tertiary alicyclic amines) is 1. The Morgan fingerprint density at radius 3 is 2.88 bits per heavy atom. The van der Waals surface area contributed by atoms with Crippen LogP contribution in [0, 0.1) is 5.92 Å². The zero-order chi connectivity index (χ0) is 17.3. The van der Waals surface area contributed by atoms with Gasteiger partial charge in [0.15, 0.2) is 5.96 Å². The first-order valence-corrected chi connectivity index (χ1v) is 9.68. The molecule has 0 aromatic heterocycles. The van der Waals surface area contributed by atoms with Crippen LogP contribution >= 0.6 is 24.0 Å². The van der Waals surface area contributed by atoms with Crippen molar-refractivity contribution in [3.05, 3.63) is 47.5 Å². The Morgan fingerprint density at radius 1 is 1.31 bits per heavy atom. The van der Waals surface area contributed by atoms with E-state index >= 15 is 0 Å². The van der Waals surface area contributed by atoms with E-state index in [0.717, 1.165) is 64.1 Å². The summed E-state index contributed by atoms with van der Waals surface area (Å²) in [4.78, 5) is 7.32. The van der Waals surface area contributed by atoms with E-state index in [1.54, 1.807) is 0 Å². The topological polar surface area (TPSA) is 36.9 Å². The first kappa shape index (κ1) is 21.2. The number of nitrogens with zero attached hydrogens (tertiary/aromatic N) is 2. The van der Waals surface area contributed by atoms with Gasteiger partial charge in [-0.05, 0) is 44.1 Å². The number of hydrogen-bond donors (Lipinski definition) is 1. The summed E-state index contributed by atoms with van der Waals surface area (Å²) in [6.07, 6.45) is 6.76. The van der Waals surface area contributed by atoms with Crippen LogP contribution in [0.3, 0.4) is 0 Å². The summed E-state index contributed by atoms with van der Waals surface area (Å²) in [7, 11) is 0. The second-order valence-corrected chi connectivity index (χ2v) is 6.96. The smallest absolute Gasteiger partial charge is 0.193 e. The Kier molecular flexibility index (Phi) is 9.46. The van der Waals surface area contributed by atoms with Gasteiger partial charge in [-0.15, -0.1) is 24.0 Å². The molecule has 3 rings (SSSR count). The highest BCUT2D eigenvalue weighted by Crippen LogP contribution is 2.21. The van der Waals surface area contributed by atoms with Gasteiger partial charge in [-0.25, -0.2) is 0 Å². The predicted molar refractivity (Wildman–Crippen MR) is 119 cm³/mol. The Balaban J connectivity index is 0.00000243. The van der Waals surface area contributed by atoms with Crippen molar-refractivity contribution in [1.29, 1.82) is 0 Å². The molecular formula is C21H32IN3O. The minimum absolute atomic E-state index is 0. The largest absolute Gasteiger partial charge is 0.377 e. The van der Waals surface area contributed by atoms with Gasteiger partial charge in [-0.3, -0.25) is 4.99 Å². The van der Waals surface area contributed by atoms with E-state index in [4.69, 9.17) is 9.73 Å². The number of halogens is 1. The van der Waals surface area contributed by atoms with Gasteiger partial charge in [0.2, 0.25) is 0 Å². The quantitative estimate of drug-likeness (QED) is 0.298. The molecule has 0 aliphatic carbocycles. The molecule has 0 spiro atoms. The molecule has 0 radical (unpaired) electrons. The first-order valence-electron chi connectivity index (χ1n) is 9.68. The van der Waals surface area contributed by atoms with Crippen LogP contribution in [0.2, 0.25) is 0 Å². The lowest BCUT2D eigenvalue weighted by Gasteiger charge is -2.22. The SMILES string of the molecule is CCNC(=NCCC1=CCOCC1)N1CCC(Cc2ccccc2)C1.I. The second-order valence-electron chi connectivity index (χ2n) is 6.96. The Bertz CT molecular complexity index is 588. The fourth-order valence-corrected chi connectivity index (χ4v) is 3.66. The minimum atomic E-state index is 0. The van der Waals surface area contributed by atoms with Crippen molar-refractivity contribution in [2.24, 2.45) is 10.9 Å². The van der Waals surface area contributed by atoms with Gasteiger partial charge in [-0.1, -0.05) is 42.0 Å². The van der Waals surface area contributed by atoms with Gasteiger partial charge in [0.1, 0.15) is 0 Å². The zero-order valence-electron chi connectivity index (χ0n) is 15.8. The molecule has 2 heterocycles. The molecule has 1 fully saturated rings. The van der Waals surface area contributed by atoms with Gasteiger partial charge in [0.25, 0.3) is 0 Å². The number of rotatable bonds is 6. The van der Waals surface area contributed by atoms with Crippen LogP contribution in [0.15, 0.2) is 47.0 Å². The lowest BCUT2D eigenvalue weighted by molar-refractivity contribution is 0.153. The summed E-state index contributed by atoms with van der Waals surface area (Å²) in [6, 6.07) is 10.8. The monoisotopic (exact) mass is 469 g/mol. The predicted octanol–water partition coefficient (Wildman–Crippen LogP) is 3.87. The maximum atomic E-state index is 5.37. The molecule has 1 unspecified atom stereocenters. The summed E-state index contributed by atoms with van der Waals surface area (Å²) in [5, 5.41) is 3.48. The summed E-state index contributed by atoms with van der Waals surface area (Å²) in [6.45, 7) is 7.80. The van der Waals surface area contributed by atoms with Crippen LogP contribution in [-0.4, -0.2) is 50.3 Å². The Hall–Kier alpha value is -1.08. The molecule has 1 aromatic rings. The molecule has 5 heteroatoms. The molecule has 2 aliphatic heterocycles. The van der Waals surface area contributed by atoms with E-state index in [0.29, 0.717) is 0 Å². The lowest BCUT2D eigenvalue weighted by Crippen LogP contribution is -2.40. The van der Waals surface area contributed by atoms with E-state index in [1.807, 2.05) is 0 Å². The molecule has 0 saturated carbocycles. The standard InChI is InChI=1S/C21H31N3O.HI/c1-2-22-21(23-12-8-18-10-14-25-15-11-18)24-13-9-20(17-24)16-19-6-4-3-5-7-19;/h3-7,10,20H,2,8-9,11-17H2,1H3,(H,22,23);1H. The maximum absolute atomic E-state index is 5.37. The number of nitrogens with one attached hydrogen (secondary N) is 1. The molecule has 0 bridgehead atoms. The van der Waals surface area contributed by atoms with Crippen molar-refractivity contribution in [3.8, 4) is 0 Å². The average Bonchev–Trinajstić information content (AvgIpc) is 3.11. The maximum Gasteiger partial charge on any atom is 0.193 e. The summed E-state index contributed by atoms with van der Waals surface area (Å²) in [5.41, 5.74) is 2.94. The number of aliphatic imine (C=N–C) groups is 1. The van der Waals surface area contributed by atoms with Gasteiger partial charge < -0.3 is 15.0 Å². The zero-order valence-corrected chi connectivity index (χ0v) is 18.2. The van der Waals surface area contributed by atoms with E-state index in [9.17, 15) is 0 Å². The minimum Gasteiger partial charge on any atom is -0.377 e. The molecule has 1 aromatic carbocycles. The highest BCUT2D eigenvalue weighted by molar-refractivity contribution is 14.0. The van der Waals surface area contributed by atoms with Crippen molar-refractivity contribution in [2.45, 2.75) is 32.6 Å². The third-order valence-corrected chi connectivity index (χ3v) is 5.04. The van der Waals surface area contributed by atoms with Crippen molar-refractivity contribution in [3.63, 3.8) is 0 Å². The average molecular weight is 469 g/mol. The van der Waals surface area contributed by atoms with Gasteiger partial charge in [0, 0.05) is 26.2 Å². The third kappa shape index (κ3) is 6.58. The van der Waals surface area contributed by atoms with E-state index < -0.39 is 0 Å². The molecule has 1 atom stereocenters. The summed E-state index contributed by atoms with van der Waals surface area (Å²) < 4.78 is 5.37. The van der Waals surface area contributed by atoms with Crippen molar-refractivity contribution >= 4 is 29.9 Å². The van der Waals surface area contributed by atoms with Crippen molar-refractivity contribution in [2.75, 3.05) is 39.4 Å². The van der Waals surface area contributed by atoms with Crippen LogP contribution in [0.5, 0.6) is 0 Å². The molecule has 2 aliphatic rings. The Labute approximate surface area is 175 Å². The first-order chi connectivity index (χ1) is 12.3. The van der Waals surface area contributed by atoms with Crippen LogP contribution in [-0.2, 0) is 11.2 Å². The van der Waals surface area contributed by atoms with Gasteiger partial charge in [0.05, 0.1) is 13.2 Å². The fraction of sp³-hybridized carbons (Fsp3) is 0.571. The molecular weight excluding hydrogens is 437 g/mol. The highest BCUT2D eigenvalue weighted by Gasteiger charge is 2.24. The van der Waals surface area contributed by atoms with Crippen LogP contribution in [0.25, 0.3) is 0 Å². The highest BCUT2D eigenvalue weighted by atomic mass is 127. The fourth-order valence-electron chi connectivity index (χ4n) is 3.66. The van der Waals surface area contributed by atoms with Crippen LogP contribution < -0.4 is 5.32 Å². The second kappa shape index (κ2) is 11.6. The van der Waals surface area contributed by atoms with Crippen molar-refractivity contribution in [1.82, 2.24) is 10.2 Å². The molecule has 144 valence electrons. The molecule has 1 saturated heterocycles. The normalized spacial score (nSPS) is 20.5. The van der Waals surface area contributed by atoms with E-state index in [-0.39, 0.29) is 24.0 Å². The third-order valence-electron chi connectivity index (χ3n) is 5.04. The number of ether oxygens (including phenoxy) is 1. The molecule has 0 amide bonds. The van der Waals surface area contributed by atoms with Crippen molar-refractivity contribution < 1.29 is 4.74 Å². The van der Waals surface area contributed by atoms with Gasteiger partial charge >= 0.3 is 0 Å². The number of hydrogen-bond acceptors (Lipinski definition) is 2. The van der Waals surface area contributed by atoms with Crippen LogP contribution in [0.1, 0.15) is 31.7 Å². The lowest BCUT2D eigenvalue weighted by atomic mass is 9.99. The van der Waals surface area contributed by atoms with E-state index in [1.165, 1.54) is 24.0 Å². The molecule has 4 nitrogen and oxygen atoms in total. The number of benzene rings is 1. The summed E-state index contributed by atoms with van der Waals surface area (Å²) >= 11 is 0. The number of guanidine groups is 1. The van der Waals surface area contributed by atoms with Crippen LogP contribution in [0.4, 0.5) is 0 Å². The van der Waals surface area contributed by atoms with E-state index in [2.05, 4.69) is 53.5 Å². The van der Waals surface area contributed by atoms with Gasteiger partial charge in [-0.2, -0.15) is 0 Å². The molecule has 1 N–H and O–H groups in total.